The standard InChI is InChI=1S/C18H29NO4/c1-5-22-15(20)18-11-7-6-10-14(18)19(13-9-8-12-18)16(21)23-17(2,3)4/h8-9,14H,5-7,10-13H2,1-4H3/t14-,18-/m0/s1. The number of rotatable bonds is 2. The summed E-state index contributed by atoms with van der Waals surface area (Å²) in [6, 6.07) is -0.153. The van der Waals surface area contributed by atoms with E-state index in [0.717, 1.165) is 25.7 Å². The van der Waals surface area contributed by atoms with E-state index in [1.807, 2.05) is 39.8 Å². The maximum atomic E-state index is 12.7. The quantitative estimate of drug-likeness (QED) is 0.574. The second-order valence-corrected chi connectivity index (χ2v) is 7.45. The predicted molar refractivity (Wildman–Crippen MR) is 88.0 cm³/mol. The number of esters is 1. The molecule has 0 spiro atoms. The van der Waals surface area contributed by atoms with Crippen LogP contribution in [-0.4, -0.2) is 41.8 Å². The second-order valence-electron chi connectivity index (χ2n) is 7.45. The predicted octanol–water partition coefficient (Wildman–Crippen LogP) is 3.68. The first-order chi connectivity index (χ1) is 10.8. The lowest BCUT2D eigenvalue weighted by atomic mass is 9.68. The van der Waals surface area contributed by atoms with Crippen molar-refractivity contribution in [2.45, 2.75) is 71.4 Å². The lowest BCUT2D eigenvalue weighted by molar-refractivity contribution is -0.162. The summed E-state index contributed by atoms with van der Waals surface area (Å²) in [5.74, 6) is -0.176. The molecule has 5 nitrogen and oxygen atoms in total. The fourth-order valence-corrected chi connectivity index (χ4v) is 3.64. The van der Waals surface area contributed by atoms with Gasteiger partial charge < -0.3 is 14.4 Å². The van der Waals surface area contributed by atoms with E-state index in [-0.39, 0.29) is 18.1 Å². The molecule has 0 radical (unpaired) electrons. The third kappa shape index (κ3) is 3.88. The number of ether oxygens (including phenoxy) is 2. The van der Waals surface area contributed by atoms with E-state index in [4.69, 9.17) is 9.47 Å². The number of carbonyl (C=O) groups is 2. The van der Waals surface area contributed by atoms with Crippen LogP contribution in [0.2, 0.25) is 0 Å². The Hall–Kier alpha value is -1.52. The maximum absolute atomic E-state index is 12.7. The number of fused-ring (bicyclic) bond motifs is 1. The Bertz CT molecular complexity index is 480. The molecule has 5 heteroatoms. The second kappa shape index (κ2) is 6.93. The molecule has 1 heterocycles. The SMILES string of the molecule is CCOC(=O)[C@@]12CC=CCN(C(=O)OC(C)(C)C)[C@H]1CCCC2. The van der Waals surface area contributed by atoms with E-state index in [0.29, 0.717) is 19.6 Å². The number of hydrogen-bond donors (Lipinski definition) is 0. The fraction of sp³-hybridized carbons (Fsp3) is 0.778. The molecule has 130 valence electrons. The summed E-state index contributed by atoms with van der Waals surface area (Å²) in [7, 11) is 0. The molecule has 1 fully saturated rings. The van der Waals surface area contributed by atoms with Crippen LogP contribution >= 0.6 is 0 Å². The summed E-state index contributed by atoms with van der Waals surface area (Å²) in [5.41, 5.74) is -1.17. The molecular weight excluding hydrogens is 294 g/mol. The number of hydrogen-bond acceptors (Lipinski definition) is 4. The van der Waals surface area contributed by atoms with Crippen LogP contribution < -0.4 is 0 Å². The van der Waals surface area contributed by atoms with Gasteiger partial charge in [0.25, 0.3) is 0 Å². The van der Waals surface area contributed by atoms with Crippen LogP contribution in [0.1, 0.15) is 59.8 Å². The van der Waals surface area contributed by atoms with Gasteiger partial charge in [-0.05, 0) is 47.0 Å². The lowest BCUT2D eigenvalue weighted by Crippen LogP contribution is -2.56. The summed E-state index contributed by atoms with van der Waals surface area (Å²) in [6.07, 6.45) is 7.86. The monoisotopic (exact) mass is 323 g/mol. The van der Waals surface area contributed by atoms with E-state index in [1.54, 1.807) is 4.90 Å². The molecule has 2 rings (SSSR count). The van der Waals surface area contributed by atoms with Gasteiger partial charge in [0.15, 0.2) is 0 Å². The van der Waals surface area contributed by atoms with Crippen molar-refractivity contribution in [1.82, 2.24) is 4.90 Å². The highest BCUT2D eigenvalue weighted by Gasteiger charge is 2.52. The van der Waals surface area contributed by atoms with Crippen LogP contribution in [0.25, 0.3) is 0 Å². The van der Waals surface area contributed by atoms with Crippen LogP contribution in [0.15, 0.2) is 12.2 Å². The van der Waals surface area contributed by atoms with Crippen molar-refractivity contribution in [2.75, 3.05) is 13.2 Å². The fourth-order valence-electron chi connectivity index (χ4n) is 3.64. The van der Waals surface area contributed by atoms with Crippen LogP contribution in [-0.2, 0) is 14.3 Å². The molecule has 2 aliphatic rings. The summed E-state index contributed by atoms with van der Waals surface area (Å²) < 4.78 is 10.9. The number of nitrogens with zero attached hydrogens (tertiary/aromatic N) is 1. The van der Waals surface area contributed by atoms with Gasteiger partial charge in [0, 0.05) is 6.54 Å². The van der Waals surface area contributed by atoms with Crippen molar-refractivity contribution in [3.8, 4) is 0 Å². The summed E-state index contributed by atoms with van der Waals surface area (Å²) in [4.78, 5) is 27.1. The Morgan fingerprint density at radius 2 is 2.00 bits per heavy atom. The Morgan fingerprint density at radius 1 is 1.26 bits per heavy atom. The van der Waals surface area contributed by atoms with E-state index in [9.17, 15) is 9.59 Å². The van der Waals surface area contributed by atoms with E-state index >= 15 is 0 Å². The molecular formula is C18H29NO4. The zero-order valence-electron chi connectivity index (χ0n) is 14.8. The molecule has 0 saturated heterocycles. The highest BCUT2D eigenvalue weighted by Crippen LogP contribution is 2.45. The molecule has 0 bridgehead atoms. The zero-order valence-corrected chi connectivity index (χ0v) is 14.8. The normalized spacial score (nSPS) is 27.8. The average molecular weight is 323 g/mol. The van der Waals surface area contributed by atoms with Crippen LogP contribution in [0.5, 0.6) is 0 Å². The molecule has 0 N–H and O–H groups in total. The van der Waals surface area contributed by atoms with E-state index in [1.165, 1.54) is 0 Å². The largest absolute Gasteiger partial charge is 0.465 e. The molecule has 1 saturated carbocycles. The van der Waals surface area contributed by atoms with Crippen LogP contribution in [0.4, 0.5) is 4.79 Å². The molecule has 0 aromatic carbocycles. The molecule has 23 heavy (non-hydrogen) atoms. The first-order valence-corrected chi connectivity index (χ1v) is 8.62. The average Bonchev–Trinajstić information content (AvgIpc) is 2.66. The van der Waals surface area contributed by atoms with Crippen molar-refractivity contribution in [3.63, 3.8) is 0 Å². The maximum Gasteiger partial charge on any atom is 0.410 e. The van der Waals surface area contributed by atoms with Gasteiger partial charge >= 0.3 is 12.1 Å². The smallest absolute Gasteiger partial charge is 0.410 e. The van der Waals surface area contributed by atoms with Gasteiger partial charge in [-0.15, -0.1) is 0 Å². The Labute approximate surface area is 139 Å². The molecule has 0 unspecified atom stereocenters. The minimum atomic E-state index is -0.627. The number of amides is 1. The first-order valence-electron chi connectivity index (χ1n) is 8.62. The molecule has 1 aliphatic carbocycles. The van der Waals surface area contributed by atoms with Gasteiger partial charge in [0.1, 0.15) is 5.60 Å². The molecule has 1 amide bonds. The van der Waals surface area contributed by atoms with Gasteiger partial charge in [-0.25, -0.2) is 4.79 Å². The molecule has 1 aliphatic heterocycles. The van der Waals surface area contributed by atoms with Gasteiger partial charge in [-0.1, -0.05) is 25.0 Å². The third-order valence-electron chi connectivity index (χ3n) is 4.63. The van der Waals surface area contributed by atoms with Gasteiger partial charge in [0.2, 0.25) is 0 Å². The first kappa shape index (κ1) is 17.8. The number of carbonyl (C=O) groups excluding carboxylic acids is 2. The third-order valence-corrected chi connectivity index (χ3v) is 4.63. The highest BCUT2D eigenvalue weighted by atomic mass is 16.6. The Balaban J connectivity index is 2.31. The molecule has 0 aromatic heterocycles. The topological polar surface area (TPSA) is 55.8 Å². The molecule has 2 atom stereocenters. The van der Waals surface area contributed by atoms with E-state index < -0.39 is 11.0 Å². The van der Waals surface area contributed by atoms with Crippen molar-refractivity contribution >= 4 is 12.1 Å². The van der Waals surface area contributed by atoms with Gasteiger partial charge in [0.05, 0.1) is 18.1 Å². The summed E-state index contributed by atoms with van der Waals surface area (Å²) in [5, 5.41) is 0. The summed E-state index contributed by atoms with van der Waals surface area (Å²) >= 11 is 0. The number of allylic oxidation sites excluding steroid dienone is 1. The van der Waals surface area contributed by atoms with Crippen LogP contribution in [0.3, 0.4) is 0 Å². The van der Waals surface area contributed by atoms with Crippen LogP contribution in [0, 0.1) is 5.41 Å². The van der Waals surface area contributed by atoms with Crippen molar-refractivity contribution in [1.29, 1.82) is 0 Å². The van der Waals surface area contributed by atoms with Gasteiger partial charge in [-0.2, -0.15) is 0 Å². The Kier molecular flexibility index (Phi) is 5.37. The minimum Gasteiger partial charge on any atom is -0.465 e. The van der Waals surface area contributed by atoms with Crippen molar-refractivity contribution in [2.24, 2.45) is 5.41 Å². The minimum absolute atomic E-state index is 0.153. The zero-order chi connectivity index (χ0) is 17.1. The Morgan fingerprint density at radius 3 is 2.65 bits per heavy atom. The molecule has 0 aromatic rings. The van der Waals surface area contributed by atoms with Crippen molar-refractivity contribution in [3.05, 3.63) is 12.2 Å². The lowest BCUT2D eigenvalue weighted by Gasteiger charge is -2.45. The van der Waals surface area contributed by atoms with E-state index in [2.05, 4.69) is 0 Å². The van der Waals surface area contributed by atoms with Crippen molar-refractivity contribution < 1.29 is 19.1 Å². The van der Waals surface area contributed by atoms with Gasteiger partial charge in [-0.3, -0.25) is 4.79 Å². The summed E-state index contributed by atoms with van der Waals surface area (Å²) in [6.45, 7) is 8.25. The highest BCUT2D eigenvalue weighted by molar-refractivity contribution is 5.80.